The smallest absolute Gasteiger partial charge is 0.475 e. The van der Waals surface area contributed by atoms with Gasteiger partial charge in [0.2, 0.25) is 0 Å². The molecule has 1 atom stereocenters. The molecular formula is C15H14Cl2F3N3O3. The molecule has 2 N–H and O–H groups in total. The molecule has 0 spiro atoms. The highest BCUT2D eigenvalue weighted by molar-refractivity contribution is 6.42. The van der Waals surface area contributed by atoms with Crippen LogP contribution in [0.4, 0.5) is 13.2 Å². The van der Waals surface area contributed by atoms with Crippen molar-refractivity contribution in [2.24, 2.45) is 7.05 Å². The molecule has 0 aliphatic carbocycles. The van der Waals surface area contributed by atoms with Crippen molar-refractivity contribution in [2.45, 2.75) is 18.5 Å². The fourth-order valence-corrected chi connectivity index (χ4v) is 2.85. The van der Waals surface area contributed by atoms with Crippen LogP contribution in [0.1, 0.15) is 18.2 Å². The van der Waals surface area contributed by atoms with E-state index in [9.17, 15) is 18.0 Å². The Morgan fingerprint density at radius 3 is 2.42 bits per heavy atom. The number of hydrogen-bond donors (Lipinski definition) is 2. The van der Waals surface area contributed by atoms with Crippen LogP contribution in [0.3, 0.4) is 0 Å². The van der Waals surface area contributed by atoms with Crippen LogP contribution in [0.25, 0.3) is 10.9 Å². The molecule has 0 amide bonds. The minimum atomic E-state index is -5.08. The zero-order valence-electron chi connectivity index (χ0n) is 13.4. The Morgan fingerprint density at radius 2 is 1.92 bits per heavy atom. The number of benzene rings is 1. The summed E-state index contributed by atoms with van der Waals surface area (Å²) in [6.45, 7) is 1.81. The first-order valence-electron chi connectivity index (χ1n) is 7.39. The average molecular weight is 412 g/mol. The number of carboxylic acids is 1. The summed E-state index contributed by atoms with van der Waals surface area (Å²) in [6.07, 6.45) is -4.09. The Balaban J connectivity index is 0.000000298. The van der Waals surface area contributed by atoms with E-state index in [1.807, 2.05) is 0 Å². The van der Waals surface area contributed by atoms with E-state index >= 15 is 0 Å². The van der Waals surface area contributed by atoms with Gasteiger partial charge < -0.3 is 10.4 Å². The summed E-state index contributed by atoms with van der Waals surface area (Å²) in [5.41, 5.74) is 0.532. The summed E-state index contributed by atoms with van der Waals surface area (Å²) < 4.78 is 33.4. The van der Waals surface area contributed by atoms with Crippen molar-refractivity contribution in [3.8, 4) is 0 Å². The Kier molecular flexibility index (Phi) is 6.15. The molecule has 11 heteroatoms. The molecule has 2 aromatic rings. The molecule has 2 heterocycles. The van der Waals surface area contributed by atoms with Crippen LogP contribution >= 0.6 is 23.2 Å². The number of hydrogen-bond acceptors (Lipinski definition) is 4. The van der Waals surface area contributed by atoms with E-state index < -0.39 is 12.1 Å². The summed E-state index contributed by atoms with van der Waals surface area (Å²) in [4.78, 5) is 25.9. The van der Waals surface area contributed by atoms with Crippen LogP contribution in [0.15, 0.2) is 16.9 Å². The highest BCUT2D eigenvalue weighted by Crippen LogP contribution is 2.27. The number of carboxylic acid groups (broad SMARTS) is 1. The van der Waals surface area contributed by atoms with Crippen LogP contribution in [0.2, 0.25) is 10.0 Å². The molecule has 0 bridgehead atoms. The van der Waals surface area contributed by atoms with Crippen molar-refractivity contribution < 1.29 is 23.1 Å². The minimum absolute atomic E-state index is 0.0783. The summed E-state index contributed by atoms with van der Waals surface area (Å²) in [5.74, 6) is -1.68. The van der Waals surface area contributed by atoms with Gasteiger partial charge in [-0.1, -0.05) is 23.2 Å². The quantitative estimate of drug-likeness (QED) is 0.753. The van der Waals surface area contributed by atoms with Crippen LogP contribution in [0, 0.1) is 0 Å². The third-order valence-corrected chi connectivity index (χ3v) is 4.54. The first-order valence-corrected chi connectivity index (χ1v) is 8.14. The van der Waals surface area contributed by atoms with Gasteiger partial charge >= 0.3 is 12.1 Å². The normalized spacial score (nSPS) is 17.1. The van der Waals surface area contributed by atoms with Gasteiger partial charge in [0.1, 0.15) is 5.82 Å². The van der Waals surface area contributed by atoms with Crippen LogP contribution in [-0.2, 0) is 11.8 Å². The van der Waals surface area contributed by atoms with Crippen molar-refractivity contribution in [1.82, 2.24) is 14.9 Å². The number of nitrogens with one attached hydrogen (secondary N) is 1. The van der Waals surface area contributed by atoms with E-state index in [2.05, 4.69) is 10.3 Å². The highest BCUT2D eigenvalue weighted by atomic mass is 35.5. The first kappa shape index (κ1) is 20.5. The zero-order valence-corrected chi connectivity index (χ0v) is 14.9. The molecule has 1 aromatic carbocycles. The summed E-state index contributed by atoms with van der Waals surface area (Å²) in [5, 5.41) is 11.7. The van der Waals surface area contributed by atoms with Gasteiger partial charge in [0.15, 0.2) is 0 Å². The molecule has 1 aliphatic heterocycles. The van der Waals surface area contributed by atoms with E-state index in [4.69, 9.17) is 33.1 Å². The number of aromatic nitrogens is 2. The number of carbonyl (C=O) groups is 1. The average Bonchev–Trinajstić information content (AvgIpc) is 3.07. The number of rotatable bonds is 1. The topological polar surface area (TPSA) is 84.2 Å². The van der Waals surface area contributed by atoms with E-state index in [1.54, 1.807) is 23.7 Å². The van der Waals surface area contributed by atoms with Gasteiger partial charge in [0, 0.05) is 19.5 Å². The van der Waals surface area contributed by atoms with E-state index in [-0.39, 0.29) is 11.5 Å². The lowest BCUT2D eigenvalue weighted by molar-refractivity contribution is -0.192. The number of fused-ring (bicyclic) bond motifs is 1. The number of nitrogens with zero attached hydrogens (tertiary/aromatic N) is 2. The van der Waals surface area contributed by atoms with Gasteiger partial charge in [-0.25, -0.2) is 9.78 Å². The van der Waals surface area contributed by atoms with Crippen LogP contribution in [0.5, 0.6) is 0 Å². The van der Waals surface area contributed by atoms with Crippen molar-refractivity contribution in [2.75, 3.05) is 13.1 Å². The third-order valence-electron chi connectivity index (χ3n) is 3.82. The molecule has 1 saturated heterocycles. The minimum Gasteiger partial charge on any atom is -0.475 e. The molecule has 1 fully saturated rings. The van der Waals surface area contributed by atoms with Crippen molar-refractivity contribution in [3.05, 3.63) is 38.4 Å². The van der Waals surface area contributed by atoms with Crippen molar-refractivity contribution in [3.63, 3.8) is 0 Å². The van der Waals surface area contributed by atoms with E-state index in [0.29, 0.717) is 20.9 Å². The largest absolute Gasteiger partial charge is 0.490 e. The van der Waals surface area contributed by atoms with Gasteiger partial charge in [-0.3, -0.25) is 9.36 Å². The molecule has 6 nitrogen and oxygen atoms in total. The summed E-state index contributed by atoms with van der Waals surface area (Å²) in [6, 6.07) is 3.25. The number of aliphatic carboxylic acids is 1. The molecule has 26 heavy (non-hydrogen) atoms. The molecule has 1 aliphatic rings. The summed E-state index contributed by atoms with van der Waals surface area (Å²) in [7, 11) is 1.75. The van der Waals surface area contributed by atoms with Crippen molar-refractivity contribution >= 4 is 40.1 Å². The van der Waals surface area contributed by atoms with E-state index in [0.717, 1.165) is 25.3 Å². The van der Waals surface area contributed by atoms with Crippen LogP contribution < -0.4 is 10.9 Å². The maximum atomic E-state index is 12.4. The first-order chi connectivity index (χ1) is 12.0. The Labute approximate surface area is 155 Å². The monoisotopic (exact) mass is 411 g/mol. The molecule has 1 aromatic heterocycles. The number of halogens is 5. The Bertz CT molecular complexity index is 894. The third kappa shape index (κ3) is 4.46. The predicted octanol–water partition coefficient (Wildman–Crippen LogP) is 2.95. The number of alkyl halides is 3. The SMILES string of the molecule is Cn1c([C@@H]2CCNC2)nc2cc(Cl)c(Cl)cc2c1=O.O=C(O)C(F)(F)F. The summed E-state index contributed by atoms with van der Waals surface area (Å²) >= 11 is 12.0. The standard InChI is InChI=1S/C13H13Cl2N3O.C2HF3O2/c1-18-12(7-2-3-16-6-7)17-11-5-10(15)9(14)4-8(11)13(18)19;3-2(4,5)1(6)7/h4-5,7,16H,2-3,6H2,1H3;(H,6,7)/t7-;/m1./s1. The Morgan fingerprint density at radius 1 is 1.35 bits per heavy atom. The lowest BCUT2D eigenvalue weighted by Crippen LogP contribution is -2.25. The zero-order chi connectivity index (χ0) is 19.6. The Hall–Kier alpha value is -1.84. The molecule has 0 radical (unpaired) electrons. The lowest BCUT2D eigenvalue weighted by Gasteiger charge is -2.14. The second-order valence-corrected chi connectivity index (χ2v) is 6.42. The molecule has 3 rings (SSSR count). The van der Waals surface area contributed by atoms with Crippen LogP contribution in [-0.4, -0.2) is 39.9 Å². The maximum absolute atomic E-state index is 12.4. The van der Waals surface area contributed by atoms with Gasteiger partial charge in [0.05, 0.1) is 20.9 Å². The van der Waals surface area contributed by atoms with Gasteiger partial charge in [-0.15, -0.1) is 0 Å². The second kappa shape index (κ2) is 7.81. The maximum Gasteiger partial charge on any atom is 0.490 e. The lowest BCUT2D eigenvalue weighted by atomic mass is 10.1. The fraction of sp³-hybridized carbons (Fsp3) is 0.400. The van der Waals surface area contributed by atoms with Gasteiger partial charge in [0.25, 0.3) is 5.56 Å². The van der Waals surface area contributed by atoms with Crippen molar-refractivity contribution in [1.29, 1.82) is 0 Å². The molecular weight excluding hydrogens is 398 g/mol. The molecule has 0 saturated carbocycles. The van der Waals surface area contributed by atoms with Gasteiger partial charge in [-0.05, 0) is 25.1 Å². The molecule has 142 valence electrons. The second-order valence-electron chi connectivity index (χ2n) is 5.61. The molecule has 0 unspecified atom stereocenters. The van der Waals surface area contributed by atoms with Gasteiger partial charge in [-0.2, -0.15) is 13.2 Å². The predicted molar refractivity (Wildman–Crippen MR) is 90.9 cm³/mol. The van der Waals surface area contributed by atoms with E-state index in [1.165, 1.54) is 0 Å². The fourth-order valence-electron chi connectivity index (χ4n) is 2.52. The highest BCUT2D eigenvalue weighted by Gasteiger charge is 2.38.